The van der Waals surface area contributed by atoms with E-state index < -0.39 is 0 Å². The maximum Gasteiger partial charge on any atom is 0.223 e. The quantitative estimate of drug-likeness (QED) is 0.729. The number of carbonyl (C=O) groups is 1. The summed E-state index contributed by atoms with van der Waals surface area (Å²) < 4.78 is 5.11. The van der Waals surface area contributed by atoms with Gasteiger partial charge in [0.05, 0.1) is 0 Å². The van der Waals surface area contributed by atoms with Gasteiger partial charge in [0, 0.05) is 32.2 Å². The zero-order valence-corrected chi connectivity index (χ0v) is 10.7. The molecule has 3 N–H and O–H groups in total. The molecule has 0 saturated heterocycles. The average Bonchev–Trinajstić information content (AvgIpc) is 2.97. The van der Waals surface area contributed by atoms with Crippen LogP contribution in [0.5, 0.6) is 0 Å². The minimum atomic E-state index is 0.156. The van der Waals surface area contributed by atoms with Gasteiger partial charge in [-0.2, -0.15) is 0 Å². The van der Waals surface area contributed by atoms with Gasteiger partial charge >= 0.3 is 0 Å². The average molecular weight is 240 g/mol. The maximum absolute atomic E-state index is 11.9. The molecule has 0 spiro atoms. The number of ether oxygens (including phenoxy) is 1. The zero-order chi connectivity index (χ0) is 12.3. The molecule has 0 aromatic carbocycles. The van der Waals surface area contributed by atoms with Crippen LogP contribution >= 0.6 is 0 Å². The molecule has 2 rings (SSSR count). The van der Waals surface area contributed by atoms with Crippen LogP contribution in [0.2, 0.25) is 0 Å². The van der Waals surface area contributed by atoms with Crippen LogP contribution in [-0.4, -0.2) is 32.2 Å². The van der Waals surface area contributed by atoms with E-state index in [1.165, 1.54) is 12.8 Å². The van der Waals surface area contributed by atoms with Crippen molar-refractivity contribution in [1.29, 1.82) is 0 Å². The predicted octanol–water partition coefficient (Wildman–Crippen LogP) is 1.05. The summed E-state index contributed by atoms with van der Waals surface area (Å²) in [6.07, 6.45) is 6.32. The Morgan fingerprint density at radius 2 is 2.24 bits per heavy atom. The van der Waals surface area contributed by atoms with Gasteiger partial charge in [-0.25, -0.2) is 0 Å². The summed E-state index contributed by atoms with van der Waals surface area (Å²) in [5.74, 6) is 0.366. The highest BCUT2D eigenvalue weighted by Gasteiger charge is 2.42. The van der Waals surface area contributed by atoms with Gasteiger partial charge in [-0.1, -0.05) is 0 Å². The summed E-state index contributed by atoms with van der Waals surface area (Å²) in [6, 6.07) is 0.231. The molecular formula is C13H24N2O2. The van der Waals surface area contributed by atoms with Gasteiger partial charge in [0.15, 0.2) is 0 Å². The fourth-order valence-electron chi connectivity index (χ4n) is 2.68. The van der Waals surface area contributed by atoms with Crippen molar-refractivity contribution in [2.45, 2.75) is 44.6 Å². The fourth-order valence-corrected chi connectivity index (χ4v) is 2.68. The Labute approximate surface area is 103 Å². The number of nitrogens with two attached hydrogens (primary N) is 1. The van der Waals surface area contributed by atoms with Gasteiger partial charge in [0.2, 0.25) is 5.91 Å². The topological polar surface area (TPSA) is 64.3 Å². The molecule has 0 aromatic rings. The van der Waals surface area contributed by atoms with Crippen LogP contribution in [0.4, 0.5) is 0 Å². The van der Waals surface area contributed by atoms with E-state index in [0.29, 0.717) is 5.41 Å². The molecule has 2 fully saturated rings. The molecule has 2 unspecified atom stereocenters. The standard InChI is InChI=1S/C13H24N2O2/c1-17-7-6-13(4-5-13)9-15-12(16)10-2-3-11(14)8-10/h10-11H,2-9,14H2,1H3,(H,15,16). The number of methoxy groups -OCH3 is 1. The number of nitrogens with one attached hydrogen (secondary N) is 1. The second kappa shape index (κ2) is 5.36. The maximum atomic E-state index is 11.9. The van der Waals surface area contributed by atoms with E-state index >= 15 is 0 Å². The van der Waals surface area contributed by atoms with Gasteiger partial charge in [0.25, 0.3) is 0 Å². The number of rotatable bonds is 6. The van der Waals surface area contributed by atoms with Gasteiger partial charge in [-0.15, -0.1) is 0 Å². The zero-order valence-electron chi connectivity index (χ0n) is 10.7. The molecule has 4 heteroatoms. The summed E-state index contributed by atoms with van der Waals surface area (Å²) in [6.45, 7) is 1.62. The second-order valence-electron chi connectivity index (χ2n) is 5.73. The highest BCUT2D eigenvalue weighted by atomic mass is 16.5. The van der Waals surface area contributed by atoms with Crippen molar-refractivity contribution < 1.29 is 9.53 Å². The number of hydrogen-bond acceptors (Lipinski definition) is 3. The third kappa shape index (κ3) is 3.42. The van der Waals surface area contributed by atoms with Crippen LogP contribution in [0.3, 0.4) is 0 Å². The monoisotopic (exact) mass is 240 g/mol. The largest absolute Gasteiger partial charge is 0.385 e. The van der Waals surface area contributed by atoms with Crippen molar-refractivity contribution in [2.75, 3.05) is 20.3 Å². The lowest BCUT2D eigenvalue weighted by atomic mass is 10.0. The number of hydrogen-bond donors (Lipinski definition) is 2. The second-order valence-corrected chi connectivity index (χ2v) is 5.73. The molecule has 0 radical (unpaired) electrons. The first kappa shape index (κ1) is 12.8. The highest BCUT2D eigenvalue weighted by Crippen LogP contribution is 2.48. The molecule has 4 nitrogen and oxygen atoms in total. The van der Waals surface area contributed by atoms with Crippen LogP contribution in [0.15, 0.2) is 0 Å². The molecule has 2 aliphatic rings. The third-order valence-corrected chi connectivity index (χ3v) is 4.28. The van der Waals surface area contributed by atoms with E-state index in [1.807, 2.05) is 0 Å². The Kier molecular flexibility index (Phi) is 4.05. The normalized spacial score (nSPS) is 30.2. The van der Waals surface area contributed by atoms with Crippen LogP contribution in [0, 0.1) is 11.3 Å². The van der Waals surface area contributed by atoms with Crippen LogP contribution in [0.25, 0.3) is 0 Å². The Morgan fingerprint density at radius 1 is 1.47 bits per heavy atom. The van der Waals surface area contributed by atoms with Gasteiger partial charge < -0.3 is 15.8 Å². The summed E-state index contributed by atoms with van der Waals surface area (Å²) in [5.41, 5.74) is 6.17. The lowest BCUT2D eigenvalue weighted by Gasteiger charge is -2.17. The van der Waals surface area contributed by atoms with Gasteiger partial charge in [-0.3, -0.25) is 4.79 Å². The SMILES string of the molecule is COCCC1(CNC(=O)C2CCC(N)C2)CC1. The minimum Gasteiger partial charge on any atom is -0.385 e. The van der Waals surface area contributed by atoms with E-state index in [1.54, 1.807) is 7.11 Å². The van der Waals surface area contributed by atoms with E-state index in [4.69, 9.17) is 10.5 Å². The Morgan fingerprint density at radius 3 is 2.76 bits per heavy atom. The van der Waals surface area contributed by atoms with E-state index in [9.17, 15) is 4.79 Å². The summed E-state index contributed by atoms with van der Waals surface area (Å²) in [7, 11) is 1.73. The van der Waals surface area contributed by atoms with Crippen molar-refractivity contribution in [3.05, 3.63) is 0 Å². The van der Waals surface area contributed by atoms with E-state index in [2.05, 4.69) is 5.32 Å². The molecule has 2 atom stereocenters. The molecule has 0 heterocycles. The van der Waals surface area contributed by atoms with Crippen molar-refractivity contribution in [3.8, 4) is 0 Å². The first-order valence-electron chi connectivity index (χ1n) is 6.67. The van der Waals surface area contributed by atoms with Gasteiger partial charge in [-0.05, 0) is 43.9 Å². The Balaban J connectivity index is 1.69. The van der Waals surface area contributed by atoms with E-state index in [-0.39, 0.29) is 17.9 Å². The van der Waals surface area contributed by atoms with E-state index in [0.717, 1.165) is 38.8 Å². The number of amides is 1. The summed E-state index contributed by atoms with van der Waals surface area (Å²) in [4.78, 5) is 11.9. The molecule has 2 aliphatic carbocycles. The lowest BCUT2D eigenvalue weighted by Crippen LogP contribution is -2.35. The van der Waals surface area contributed by atoms with Crippen LogP contribution < -0.4 is 11.1 Å². The Hall–Kier alpha value is -0.610. The molecule has 0 bridgehead atoms. The molecule has 0 aliphatic heterocycles. The predicted molar refractivity (Wildman–Crippen MR) is 66.5 cm³/mol. The molecule has 1 amide bonds. The molecular weight excluding hydrogens is 216 g/mol. The molecule has 0 aromatic heterocycles. The van der Waals surface area contributed by atoms with Gasteiger partial charge in [0.1, 0.15) is 0 Å². The smallest absolute Gasteiger partial charge is 0.223 e. The number of carbonyl (C=O) groups excluding carboxylic acids is 1. The first-order valence-corrected chi connectivity index (χ1v) is 6.67. The van der Waals surface area contributed by atoms with Crippen molar-refractivity contribution in [2.24, 2.45) is 17.1 Å². The highest BCUT2D eigenvalue weighted by molar-refractivity contribution is 5.79. The van der Waals surface area contributed by atoms with Crippen molar-refractivity contribution in [1.82, 2.24) is 5.32 Å². The molecule has 98 valence electrons. The summed E-state index contributed by atoms with van der Waals surface area (Å²) in [5, 5.41) is 3.11. The van der Waals surface area contributed by atoms with Crippen LogP contribution in [0.1, 0.15) is 38.5 Å². The third-order valence-electron chi connectivity index (χ3n) is 4.28. The fraction of sp³-hybridized carbons (Fsp3) is 0.923. The summed E-state index contributed by atoms with van der Waals surface area (Å²) >= 11 is 0. The minimum absolute atomic E-state index is 0.156. The van der Waals surface area contributed by atoms with Crippen molar-refractivity contribution >= 4 is 5.91 Å². The van der Waals surface area contributed by atoms with Crippen molar-refractivity contribution in [3.63, 3.8) is 0 Å². The Bertz CT molecular complexity index is 277. The molecule has 17 heavy (non-hydrogen) atoms. The first-order chi connectivity index (χ1) is 8.15. The molecule has 2 saturated carbocycles. The van der Waals surface area contributed by atoms with Crippen LogP contribution in [-0.2, 0) is 9.53 Å². The lowest BCUT2D eigenvalue weighted by molar-refractivity contribution is -0.125.